The molecule has 2 aliphatic carbocycles. The minimum absolute atomic E-state index is 0.755. The summed E-state index contributed by atoms with van der Waals surface area (Å²) in [5.41, 5.74) is 0.755. The first-order valence-electron chi connectivity index (χ1n) is 5.29. The molecule has 2 bridgehead atoms. The lowest BCUT2D eigenvalue weighted by Gasteiger charge is -2.27. The van der Waals surface area contributed by atoms with Gasteiger partial charge in [-0.15, -0.1) is 0 Å². The maximum absolute atomic E-state index is 2.51. The molecule has 0 nitrogen and oxygen atoms in total. The molecule has 0 aromatic heterocycles. The molecule has 11 heavy (non-hydrogen) atoms. The normalized spacial score (nSPS) is 45.0. The molecule has 64 valence electrons. The summed E-state index contributed by atoms with van der Waals surface area (Å²) in [5.74, 6) is 1.11. The summed E-state index contributed by atoms with van der Waals surface area (Å²) < 4.78 is 0. The van der Waals surface area contributed by atoms with Gasteiger partial charge in [-0.1, -0.05) is 32.6 Å². The second kappa shape index (κ2) is 2.80. The molecule has 0 saturated heterocycles. The zero-order valence-corrected chi connectivity index (χ0v) is 7.73. The molecule has 0 heterocycles. The summed E-state index contributed by atoms with van der Waals surface area (Å²) in [6.45, 7) is 2.51. The van der Waals surface area contributed by atoms with Gasteiger partial charge in [-0.2, -0.15) is 0 Å². The van der Waals surface area contributed by atoms with Crippen LogP contribution in [-0.4, -0.2) is 0 Å². The first-order chi connectivity index (χ1) is 5.29. The Kier molecular flexibility index (Phi) is 1.95. The Balaban J connectivity index is 2.10. The zero-order chi connectivity index (χ0) is 7.73. The first kappa shape index (κ1) is 7.64. The van der Waals surface area contributed by atoms with Gasteiger partial charge >= 0.3 is 0 Å². The SMILES string of the molecule is CC12CCCC(CCC1)CC2. The summed E-state index contributed by atoms with van der Waals surface area (Å²) in [4.78, 5) is 0. The average molecular weight is 152 g/mol. The van der Waals surface area contributed by atoms with Gasteiger partial charge in [-0.05, 0) is 37.0 Å². The first-order valence-corrected chi connectivity index (χ1v) is 5.29. The van der Waals surface area contributed by atoms with Crippen LogP contribution in [0.5, 0.6) is 0 Å². The standard InChI is InChI=1S/C11H20/c1-11-7-2-4-10(6-9-11)5-3-8-11/h10H,2-9H2,1H3. The molecule has 0 aromatic carbocycles. The smallest absolute Gasteiger partial charge is 0.0326 e. The van der Waals surface area contributed by atoms with E-state index >= 15 is 0 Å². The van der Waals surface area contributed by atoms with E-state index in [1.54, 1.807) is 0 Å². The fourth-order valence-electron chi connectivity index (χ4n) is 3.00. The molecule has 0 amide bonds. The Hall–Kier alpha value is 0. The fourth-order valence-corrected chi connectivity index (χ4v) is 3.00. The van der Waals surface area contributed by atoms with Crippen molar-refractivity contribution in [2.75, 3.05) is 0 Å². The third-order valence-corrected chi connectivity index (χ3v) is 3.94. The van der Waals surface area contributed by atoms with Crippen molar-refractivity contribution in [3.8, 4) is 0 Å². The van der Waals surface area contributed by atoms with Crippen LogP contribution in [0.2, 0.25) is 0 Å². The van der Waals surface area contributed by atoms with Crippen molar-refractivity contribution in [3.63, 3.8) is 0 Å². The van der Waals surface area contributed by atoms with E-state index in [1.807, 2.05) is 0 Å². The van der Waals surface area contributed by atoms with Crippen LogP contribution < -0.4 is 0 Å². The Morgan fingerprint density at radius 1 is 0.909 bits per heavy atom. The second-order valence-electron chi connectivity index (χ2n) is 5.00. The molecule has 2 saturated carbocycles. The highest BCUT2D eigenvalue weighted by Gasteiger charge is 2.31. The second-order valence-corrected chi connectivity index (χ2v) is 5.00. The van der Waals surface area contributed by atoms with Gasteiger partial charge in [0.05, 0.1) is 0 Å². The van der Waals surface area contributed by atoms with Gasteiger partial charge in [0, 0.05) is 0 Å². The fraction of sp³-hybridized carbons (Fsp3) is 1.00. The number of rotatable bonds is 0. The highest BCUT2D eigenvalue weighted by molar-refractivity contribution is 4.83. The zero-order valence-electron chi connectivity index (χ0n) is 7.73. The molecule has 2 rings (SSSR count). The van der Waals surface area contributed by atoms with Crippen molar-refractivity contribution in [3.05, 3.63) is 0 Å². The average Bonchev–Trinajstić information content (AvgIpc) is 2.19. The molecule has 0 spiro atoms. The third-order valence-electron chi connectivity index (χ3n) is 3.94. The maximum Gasteiger partial charge on any atom is -0.0326 e. The van der Waals surface area contributed by atoms with Gasteiger partial charge in [-0.3, -0.25) is 0 Å². The van der Waals surface area contributed by atoms with E-state index in [0.29, 0.717) is 0 Å². The van der Waals surface area contributed by atoms with Crippen LogP contribution in [0.3, 0.4) is 0 Å². The van der Waals surface area contributed by atoms with Gasteiger partial charge in [0.2, 0.25) is 0 Å². The van der Waals surface area contributed by atoms with E-state index in [9.17, 15) is 0 Å². The molecule has 0 heteroatoms. The van der Waals surface area contributed by atoms with Gasteiger partial charge < -0.3 is 0 Å². The van der Waals surface area contributed by atoms with E-state index in [0.717, 1.165) is 11.3 Å². The van der Waals surface area contributed by atoms with Gasteiger partial charge in [0.25, 0.3) is 0 Å². The van der Waals surface area contributed by atoms with Crippen molar-refractivity contribution in [1.29, 1.82) is 0 Å². The maximum atomic E-state index is 2.51. The van der Waals surface area contributed by atoms with Crippen molar-refractivity contribution in [2.24, 2.45) is 11.3 Å². The predicted molar refractivity (Wildman–Crippen MR) is 48.5 cm³/mol. The molecular formula is C11H20. The van der Waals surface area contributed by atoms with Crippen LogP contribution in [0.25, 0.3) is 0 Å². The van der Waals surface area contributed by atoms with Crippen molar-refractivity contribution >= 4 is 0 Å². The Morgan fingerprint density at radius 2 is 1.55 bits per heavy atom. The summed E-state index contributed by atoms with van der Waals surface area (Å²) in [5, 5.41) is 0. The van der Waals surface area contributed by atoms with Crippen LogP contribution in [0.1, 0.15) is 58.3 Å². The Bertz CT molecular complexity index is 127. The van der Waals surface area contributed by atoms with Gasteiger partial charge in [-0.25, -0.2) is 0 Å². The van der Waals surface area contributed by atoms with Crippen LogP contribution in [0.15, 0.2) is 0 Å². The van der Waals surface area contributed by atoms with E-state index < -0.39 is 0 Å². The van der Waals surface area contributed by atoms with Gasteiger partial charge in [0.15, 0.2) is 0 Å². The minimum atomic E-state index is 0.755. The van der Waals surface area contributed by atoms with Crippen LogP contribution in [-0.2, 0) is 0 Å². The summed E-state index contributed by atoms with van der Waals surface area (Å²) >= 11 is 0. The highest BCUT2D eigenvalue weighted by Crippen LogP contribution is 2.45. The molecule has 0 unspecified atom stereocenters. The lowest BCUT2D eigenvalue weighted by atomic mass is 9.79. The Labute approximate surface area is 70.4 Å². The number of hydrogen-bond acceptors (Lipinski definition) is 0. The molecule has 0 radical (unpaired) electrons. The summed E-state index contributed by atoms with van der Waals surface area (Å²) in [7, 11) is 0. The monoisotopic (exact) mass is 152 g/mol. The third kappa shape index (κ3) is 1.60. The van der Waals surface area contributed by atoms with Crippen LogP contribution in [0.4, 0.5) is 0 Å². The van der Waals surface area contributed by atoms with Gasteiger partial charge in [0.1, 0.15) is 0 Å². The molecule has 0 N–H and O–H groups in total. The lowest BCUT2D eigenvalue weighted by Crippen LogP contribution is -2.13. The highest BCUT2D eigenvalue weighted by atomic mass is 14.4. The van der Waals surface area contributed by atoms with Crippen molar-refractivity contribution < 1.29 is 0 Å². The van der Waals surface area contributed by atoms with Crippen LogP contribution >= 0.6 is 0 Å². The van der Waals surface area contributed by atoms with Crippen LogP contribution in [0, 0.1) is 11.3 Å². The largest absolute Gasteiger partial charge is 0.0596 e. The predicted octanol–water partition coefficient (Wildman–Crippen LogP) is 3.76. The molecular weight excluding hydrogens is 132 g/mol. The lowest BCUT2D eigenvalue weighted by molar-refractivity contribution is 0.254. The topological polar surface area (TPSA) is 0 Å². The molecule has 2 aliphatic rings. The quantitative estimate of drug-likeness (QED) is 0.496. The van der Waals surface area contributed by atoms with E-state index in [-0.39, 0.29) is 0 Å². The molecule has 0 atom stereocenters. The van der Waals surface area contributed by atoms with Crippen molar-refractivity contribution in [1.82, 2.24) is 0 Å². The Morgan fingerprint density at radius 3 is 2.18 bits per heavy atom. The minimum Gasteiger partial charge on any atom is -0.0596 e. The molecule has 0 aliphatic heterocycles. The van der Waals surface area contributed by atoms with E-state index in [1.165, 1.54) is 51.4 Å². The number of hydrogen-bond donors (Lipinski definition) is 0. The van der Waals surface area contributed by atoms with E-state index in [2.05, 4.69) is 6.92 Å². The summed E-state index contributed by atoms with van der Waals surface area (Å²) in [6.07, 6.45) is 12.2. The van der Waals surface area contributed by atoms with Crippen molar-refractivity contribution in [2.45, 2.75) is 58.3 Å². The number of fused-ring (bicyclic) bond motifs is 3. The summed E-state index contributed by atoms with van der Waals surface area (Å²) in [6, 6.07) is 0. The molecule has 2 fully saturated rings. The van der Waals surface area contributed by atoms with E-state index in [4.69, 9.17) is 0 Å². The molecule has 0 aromatic rings.